The van der Waals surface area contributed by atoms with Crippen LogP contribution in [0.2, 0.25) is 0 Å². The SMILES string of the molecule is C1=C(C2CC2)CN(Cc2ccccc2)CC1. The molecule has 1 aliphatic heterocycles. The Labute approximate surface area is 97.8 Å². The van der Waals surface area contributed by atoms with Gasteiger partial charge in [-0.15, -0.1) is 0 Å². The van der Waals surface area contributed by atoms with Crippen LogP contribution >= 0.6 is 0 Å². The summed E-state index contributed by atoms with van der Waals surface area (Å²) in [6.07, 6.45) is 6.61. The molecule has 0 amide bonds. The van der Waals surface area contributed by atoms with Gasteiger partial charge in [-0.25, -0.2) is 0 Å². The first-order valence-corrected chi connectivity index (χ1v) is 6.37. The fourth-order valence-electron chi connectivity index (χ4n) is 2.56. The first kappa shape index (κ1) is 10.1. The van der Waals surface area contributed by atoms with Gasteiger partial charge >= 0.3 is 0 Å². The maximum atomic E-state index is 2.59. The van der Waals surface area contributed by atoms with Gasteiger partial charge < -0.3 is 0 Å². The van der Waals surface area contributed by atoms with Crippen LogP contribution in [0.3, 0.4) is 0 Å². The standard InChI is InChI=1S/C15H19N/c1-2-5-13(6-3-1)11-16-10-4-7-15(12-16)14-8-9-14/h1-3,5-7,14H,4,8-12H2. The van der Waals surface area contributed by atoms with E-state index in [9.17, 15) is 0 Å². The van der Waals surface area contributed by atoms with Gasteiger partial charge in [0, 0.05) is 19.6 Å². The molecule has 1 aliphatic carbocycles. The summed E-state index contributed by atoms with van der Waals surface area (Å²) in [5.74, 6) is 0.943. The van der Waals surface area contributed by atoms with Crippen LogP contribution in [-0.2, 0) is 6.54 Å². The van der Waals surface area contributed by atoms with E-state index in [0.717, 1.165) is 12.5 Å². The normalized spacial score (nSPS) is 21.9. The van der Waals surface area contributed by atoms with Crippen molar-refractivity contribution in [3.63, 3.8) is 0 Å². The van der Waals surface area contributed by atoms with Crippen molar-refractivity contribution in [2.45, 2.75) is 25.8 Å². The molecule has 16 heavy (non-hydrogen) atoms. The molecule has 0 atom stereocenters. The molecule has 84 valence electrons. The highest BCUT2D eigenvalue weighted by Crippen LogP contribution is 2.38. The maximum Gasteiger partial charge on any atom is 0.0237 e. The van der Waals surface area contributed by atoms with Crippen molar-refractivity contribution >= 4 is 0 Å². The highest BCUT2D eigenvalue weighted by molar-refractivity contribution is 5.19. The molecule has 0 bridgehead atoms. The summed E-state index contributed by atoms with van der Waals surface area (Å²) in [7, 11) is 0. The van der Waals surface area contributed by atoms with Crippen molar-refractivity contribution in [1.29, 1.82) is 0 Å². The summed E-state index contributed by atoms with van der Waals surface area (Å²) < 4.78 is 0. The lowest BCUT2D eigenvalue weighted by molar-refractivity contribution is 0.277. The molecule has 2 aliphatic rings. The van der Waals surface area contributed by atoms with E-state index in [-0.39, 0.29) is 0 Å². The third kappa shape index (κ3) is 2.35. The first-order valence-electron chi connectivity index (χ1n) is 6.37. The zero-order chi connectivity index (χ0) is 10.8. The Morgan fingerprint density at radius 3 is 2.69 bits per heavy atom. The van der Waals surface area contributed by atoms with E-state index in [1.54, 1.807) is 5.57 Å². The Bertz CT molecular complexity index is 376. The minimum Gasteiger partial charge on any atom is -0.295 e. The third-order valence-corrected chi connectivity index (χ3v) is 3.61. The molecular weight excluding hydrogens is 194 g/mol. The smallest absolute Gasteiger partial charge is 0.0237 e. The quantitative estimate of drug-likeness (QED) is 0.697. The number of rotatable bonds is 3. The molecule has 1 heterocycles. The Balaban J connectivity index is 1.62. The largest absolute Gasteiger partial charge is 0.295 e. The average molecular weight is 213 g/mol. The monoisotopic (exact) mass is 213 g/mol. The molecular formula is C15H19N. The molecule has 0 radical (unpaired) electrons. The van der Waals surface area contributed by atoms with Crippen molar-refractivity contribution in [3.8, 4) is 0 Å². The van der Waals surface area contributed by atoms with Crippen LogP contribution in [-0.4, -0.2) is 18.0 Å². The summed E-state index contributed by atoms with van der Waals surface area (Å²) in [5.41, 5.74) is 3.15. The fourth-order valence-corrected chi connectivity index (χ4v) is 2.56. The van der Waals surface area contributed by atoms with Gasteiger partial charge in [-0.3, -0.25) is 4.90 Å². The summed E-state index contributed by atoms with van der Waals surface area (Å²) in [6, 6.07) is 10.8. The highest BCUT2D eigenvalue weighted by Gasteiger charge is 2.28. The highest BCUT2D eigenvalue weighted by atomic mass is 15.1. The summed E-state index contributed by atoms with van der Waals surface area (Å²) in [4.78, 5) is 2.59. The van der Waals surface area contributed by atoms with E-state index in [0.29, 0.717) is 0 Å². The lowest BCUT2D eigenvalue weighted by atomic mass is 10.0. The second-order valence-corrected chi connectivity index (χ2v) is 5.04. The van der Waals surface area contributed by atoms with Gasteiger partial charge in [-0.2, -0.15) is 0 Å². The Morgan fingerprint density at radius 2 is 1.94 bits per heavy atom. The van der Waals surface area contributed by atoms with E-state index in [4.69, 9.17) is 0 Å². The minimum absolute atomic E-state index is 0.943. The summed E-state index contributed by atoms with van der Waals surface area (Å²) >= 11 is 0. The molecule has 1 saturated carbocycles. The maximum absolute atomic E-state index is 2.59. The topological polar surface area (TPSA) is 3.24 Å². The molecule has 0 unspecified atom stereocenters. The molecule has 3 rings (SSSR count). The van der Waals surface area contributed by atoms with Gasteiger partial charge in [0.1, 0.15) is 0 Å². The van der Waals surface area contributed by atoms with Crippen molar-refractivity contribution in [1.82, 2.24) is 4.90 Å². The Kier molecular flexibility index (Phi) is 2.79. The van der Waals surface area contributed by atoms with Gasteiger partial charge in [0.2, 0.25) is 0 Å². The number of hydrogen-bond donors (Lipinski definition) is 0. The molecule has 1 aromatic rings. The molecule has 1 heteroatoms. The van der Waals surface area contributed by atoms with Crippen LogP contribution < -0.4 is 0 Å². The zero-order valence-electron chi connectivity index (χ0n) is 9.73. The third-order valence-electron chi connectivity index (χ3n) is 3.61. The van der Waals surface area contributed by atoms with Crippen molar-refractivity contribution in [2.24, 2.45) is 5.92 Å². The molecule has 0 N–H and O–H groups in total. The Morgan fingerprint density at radius 1 is 1.12 bits per heavy atom. The second kappa shape index (κ2) is 4.42. The van der Waals surface area contributed by atoms with Gasteiger partial charge in [0.05, 0.1) is 0 Å². The summed E-state index contributed by atoms with van der Waals surface area (Å²) in [5, 5.41) is 0. The lowest BCUT2D eigenvalue weighted by Gasteiger charge is -2.27. The first-order chi connectivity index (χ1) is 7.92. The lowest BCUT2D eigenvalue weighted by Crippen LogP contribution is -2.30. The van der Waals surface area contributed by atoms with Gasteiger partial charge in [-0.05, 0) is 30.7 Å². The molecule has 1 fully saturated rings. The predicted octanol–water partition coefficient (Wildman–Crippen LogP) is 3.23. The van der Waals surface area contributed by atoms with E-state index in [1.165, 1.54) is 37.9 Å². The summed E-state index contributed by atoms with van der Waals surface area (Å²) in [6.45, 7) is 3.55. The number of nitrogens with zero attached hydrogens (tertiary/aromatic N) is 1. The van der Waals surface area contributed by atoms with Crippen LogP contribution in [0.5, 0.6) is 0 Å². The van der Waals surface area contributed by atoms with Gasteiger partial charge in [0.15, 0.2) is 0 Å². The average Bonchev–Trinajstić information content (AvgIpc) is 3.15. The molecule has 0 saturated heterocycles. The predicted molar refractivity (Wildman–Crippen MR) is 67.1 cm³/mol. The van der Waals surface area contributed by atoms with Gasteiger partial charge in [0.25, 0.3) is 0 Å². The number of benzene rings is 1. The van der Waals surface area contributed by atoms with E-state index in [2.05, 4.69) is 41.3 Å². The van der Waals surface area contributed by atoms with E-state index < -0.39 is 0 Å². The molecule has 0 aromatic heterocycles. The number of hydrogen-bond acceptors (Lipinski definition) is 1. The van der Waals surface area contributed by atoms with Gasteiger partial charge in [-0.1, -0.05) is 42.0 Å². The van der Waals surface area contributed by atoms with E-state index >= 15 is 0 Å². The molecule has 0 spiro atoms. The second-order valence-electron chi connectivity index (χ2n) is 5.04. The molecule has 1 aromatic carbocycles. The zero-order valence-corrected chi connectivity index (χ0v) is 9.73. The van der Waals surface area contributed by atoms with Crippen molar-refractivity contribution < 1.29 is 0 Å². The van der Waals surface area contributed by atoms with Crippen LogP contribution in [0.15, 0.2) is 42.0 Å². The van der Waals surface area contributed by atoms with Crippen LogP contribution in [0.25, 0.3) is 0 Å². The van der Waals surface area contributed by atoms with Crippen LogP contribution in [0, 0.1) is 5.92 Å². The van der Waals surface area contributed by atoms with Crippen LogP contribution in [0.4, 0.5) is 0 Å². The van der Waals surface area contributed by atoms with Crippen molar-refractivity contribution in [3.05, 3.63) is 47.5 Å². The Hall–Kier alpha value is -1.08. The minimum atomic E-state index is 0.943. The van der Waals surface area contributed by atoms with E-state index in [1.807, 2.05) is 0 Å². The van der Waals surface area contributed by atoms with Crippen molar-refractivity contribution in [2.75, 3.05) is 13.1 Å². The molecule has 1 nitrogen and oxygen atoms in total. The fraction of sp³-hybridized carbons (Fsp3) is 0.467. The van der Waals surface area contributed by atoms with Crippen LogP contribution in [0.1, 0.15) is 24.8 Å².